The Balaban J connectivity index is 0. The number of halogens is 2. The number of carbonyl (C=O) groups excluding carboxylic acids is 1. The fraction of sp³-hybridized carbons (Fsp3) is 0.533. The van der Waals surface area contributed by atoms with Gasteiger partial charge in [-0.3, -0.25) is 4.79 Å². The summed E-state index contributed by atoms with van der Waals surface area (Å²) in [5.41, 5.74) is 1.88. The molecular formula is C15H27Cl2N3O. The maximum absolute atomic E-state index is 12.0. The first-order valence-electron chi connectivity index (χ1n) is 6.78. The van der Waals surface area contributed by atoms with Crippen molar-refractivity contribution in [2.75, 3.05) is 27.2 Å². The molecule has 2 N–H and O–H groups in total. The van der Waals surface area contributed by atoms with Crippen molar-refractivity contribution in [3.8, 4) is 0 Å². The van der Waals surface area contributed by atoms with Crippen LogP contribution in [0.25, 0.3) is 0 Å². The quantitative estimate of drug-likeness (QED) is 0.803. The van der Waals surface area contributed by atoms with Crippen molar-refractivity contribution in [3.05, 3.63) is 35.4 Å². The molecular weight excluding hydrogens is 309 g/mol. The summed E-state index contributed by atoms with van der Waals surface area (Å²) in [7, 11) is 4.04. The van der Waals surface area contributed by atoms with E-state index in [0.29, 0.717) is 12.6 Å². The monoisotopic (exact) mass is 335 g/mol. The summed E-state index contributed by atoms with van der Waals surface area (Å²) in [5.74, 6) is -0.00893. The average Bonchev–Trinajstić information content (AvgIpc) is 2.36. The first kappa shape index (κ1) is 22.5. The summed E-state index contributed by atoms with van der Waals surface area (Å²) in [4.78, 5) is 14.1. The lowest BCUT2D eigenvalue weighted by Crippen LogP contribution is -2.38. The van der Waals surface area contributed by atoms with Gasteiger partial charge >= 0.3 is 0 Å². The van der Waals surface area contributed by atoms with Gasteiger partial charge in [0.05, 0.1) is 0 Å². The Labute approximate surface area is 140 Å². The van der Waals surface area contributed by atoms with Crippen LogP contribution < -0.4 is 10.6 Å². The predicted molar refractivity (Wildman–Crippen MR) is 93.8 cm³/mol. The number of nitrogens with one attached hydrogen (secondary N) is 2. The van der Waals surface area contributed by atoms with Gasteiger partial charge in [-0.05, 0) is 45.3 Å². The van der Waals surface area contributed by atoms with Crippen LogP contribution in [0.15, 0.2) is 24.3 Å². The van der Waals surface area contributed by atoms with E-state index in [1.54, 1.807) is 0 Å². The lowest BCUT2D eigenvalue weighted by atomic mass is 10.1. The van der Waals surface area contributed by atoms with E-state index in [1.807, 2.05) is 38.4 Å². The Morgan fingerprint density at radius 2 is 1.95 bits per heavy atom. The SMILES string of the molecule is CCN[C@H](C)CNC(=O)c1cccc(CN(C)C)c1.Cl.Cl. The van der Waals surface area contributed by atoms with Crippen molar-refractivity contribution in [1.82, 2.24) is 15.5 Å². The van der Waals surface area contributed by atoms with Gasteiger partial charge in [-0.1, -0.05) is 19.1 Å². The van der Waals surface area contributed by atoms with E-state index in [0.717, 1.165) is 24.2 Å². The van der Waals surface area contributed by atoms with Crippen LogP contribution in [-0.2, 0) is 6.54 Å². The highest BCUT2D eigenvalue weighted by atomic mass is 35.5. The van der Waals surface area contributed by atoms with Crippen LogP contribution in [0.3, 0.4) is 0 Å². The smallest absolute Gasteiger partial charge is 0.251 e. The highest BCUT2D eigenvalue weighted by molar-refractivity contribution is 5.94. The lowest BCUT2D eigenvalue weighted by molar-refractivity contribution is 0.0950. The van der Waals surface area contributed by atoms with Gasteiger partial charge in [0.2, 0.25) is 0 Å². The number of benzene rings is 1. The summed E-state index contributed by atoms with van der Waals surface area (Å²) in [6.45, 7) is 6.52. The van der Waals surface area contributed by atoms with Crippen molar-refractivity contribution >= 4 is 30.7 Å². The predicted octanol–water partition coefficient (Wildman–Crippen LogP) is 2.32. The largest absolute Gasteiger partial charge is 0.350 e. The van der Waals surface area contributed by atoms with Crippen molar-refractivity contribution < 1.29 is 4.79 Å². The van der Waals surface area contributed by atoms with Gasteiger partial charge in [-0.2, -0.15) is 0 Å². The number of carbonyl (C=O) groups is 1. The molecule has 0 heterocycles. The van der Waals surface area contributed by atoms with Crippen LogP contribution in [0, 0.1) is 0 Å². The third-order valence-electron chi connectivity index (χ3n) is 2.81. The Bertz CT molecular complexity index is 414. The van der Waals surface area contributed by atoms with Crippen molar-refractivity contribution in [1.29, 1.82) is 0 Å². The molecule has 1 aromatic carbocycles. The molecule has 6 heteroatoms. The molecule has 0 unspecified atom stereocenters. The third-order valence-corrected chi connectivity index (χ3v) is 2.81. The lowest BCUT2D eigenvalue weighted by Gasteiger charge is -2.14. The maximum atomic E-state index is 12.0. The first-order valence-corrected chi connectivity index (χ1v) is 6.78. The fourth-order valence-corrected chi connectivity index (χ4v) is 1.94. The zero-order valence-electron chi connectivity index (χ0n) is 13.2. The summed E-state index contributed by atoms with van der Waals surface area (Å²) >= 11 is 0. The molecule has 122 valence electrons. The summed E-state index contributed by atoms with van der Waals surface area (Å²) in [6.07, 6.45) is 0. The minimum absolute atomic E-state index is 0. The van der Waals surface area contributed by atoms with Crippen LogP contribution in [0.4, 0.5) is 0 Å². The average molecular weight is 336 g/mol. The standard InChI is InChI=1S/C15H25N3O.2ClH/c1-5-16-12(2)10-17-15(19)14-8-6-7-13(9-14)11-18(3)4;;/h6-9,12,16H,5,10-11H2,1-4H3,(H,17,19);2*1H/t12-;;/m1../s1. The summed E-state index contributed by atoms with van der Waals surface area (Å²) < 4.78 is 0. The van der Waals surface area contributed by atoms with Gasteiger partial charge in [0.25, 0.3) is 5.91 Å². The number of hydrogen-bond donors (Lipinski definition) is 2. The van der Waals surface area contributed by atoms with E-state index in [-0.39, 0.29) is 30.7 Å². The highest BCUT2D eigenvalue weighted by Crippen LogP contribution is 2.07. The molecule has 1 amide bonds. The molecule has 0 aromatic heterocycles. The van der Waals surface area contributed by atoms with Gasteiger partial charge in [-0.25, -0.2) is 0 Å². The normalized spacial score (nSPS) is 11.3. The fourth-order valence-electron chi connectivity index (χ4n) is 1.94. The molecule has 0 aliphatic carbocycles. The van der Waals surface area contributed by atoms with Gasteiger partial charge in [0, 0.05) is 24.7 Å². The molecule has 0 aliphatic heterocycles. The Kier molecular flexibility index (Phi) is 12.6. The van der Waals surface area contributed by atoms with E-state index >= 15 is 0 Å². The Morgan fingerprint density at radius 3 is 2.52 bits per heavy atom. The molecule has 1 aromatic rings. The van der Waals surface area contributed by atoms with Gasteiger partial charge in [-0.15, -0.1) is 24.8 Å². The van der Waals surface area contributed by atoms with Crippen LogP contribution in [0.5, 0.6) is 0 Å². The van der Waals surface area contributed by atoms with Gasteiger partial charge in [0.1, 0.15) is 0 Å². The van der Waals surface area contributed by atoms with Crippen LogP contribution in [-0.4, -0.2) is 44.0 Å². The van der Waals surface area contributed by atoms with Crippen LogP contribution >= 0.6 is 24.8 Å². The number of rotatable bonds is 7. The number of amides is 1. The molecule has 0 radical (unpaired) electrons. The van der Waals surface area contributed by atoms with Gasteiger partial charge < -0.3 is 15.5 Å². The van der Waals surface area contributed by atoms with E-state index in [1.165, 1.54) is 0 Å². The van der Waals surface area contributed by atoms with Crippen molar-refractivity contribution in [2.45, 2.75) is 26.4 Å². The minimum atomic E-state index is -0.00893. The van der Waals surface area contributed by atoms with Crippen molar-refractivity contribution in [2.24, 2.45) is 0 Å². The zero-order chi connectivity index (χ0) is 14.3. The van der Waals surface area contributed by atoms with Gasteiger partial charge in [0.15, 0.2) is 0 Å². The zero-order valence-corrected chi connectivity index (χ0v) is 14.8. The second kappa shape index (κ2) is 11.8. The number of likely N-dealkylation sites (N-methyl/N-ethyl adjacent to an activating group) is 1. The Hall–Kier alpha value is -0.810. The minimum Gasteiger partial charge on any atom is -0.350 e. The van der Waals surface area contributed by atoms with E-state index < -0.39 is 0 Å². The molecule has 21 heavy (non-hydrogen) atoms. The number of hydrogen-bond acceptors (Lipinski definition) is 3. The molecule has 1 rings (SSSR count). The molecule has 0 saturated carbocycles. The molecule has 0 aliphatic rings. The molecule has 0 bridgehead atoms. The summed E-state index contributed by atoms with van der Waals surface area (Å²) in [5, 5.41) is 6.22. The topological polar surface area (TPSA) is 44.4 Å². The van der Waals surface area contributed by atoms with E-state index in [9.17, 15) is 4.79 Å². The number of nitrogens with zero attached hydrogens (tertiary/aromatic N) is 1. The Morgan fingerprint density at radius 1 is 1.29 bits per heavy atom. The molecule has 1 atom stereocenters. The van der Waals surface area contributed by atoms with E-state index in [2.05, 4.69) is 29.4 Å². The van der Waals surface area contributed by atoms with Crippen LogP contribution in [0.2, 0.25) is 0 Å². The molecule has 0 fully saturated rings. The molecule has 4 nitrogen and oxygen atoms in total. The molecule has 0 spiro atoms. The van der Waals surface area contributed by atoms with Crippen molar-refractivity contribution in [3.63, 3.8) is 0 Å². The van der Waals surface area contributed by atoms with Crippen LogP contribution in [0.1, 0.15) is 29.8 Å². The maximum Gasteiger partial charge on any atom is 0.251 e. The highest BCUT2D eigenvalue weighted by Gasteiger charge is 2.08. The second-order valence-corrected chi connectivity index (χ2v) is 5.11. The first-order chi connectivity index (χ1) is 9.02. The third kappa shape index (κ3) is 8.94. The van der Waals surface area contributed by atoms with E-state index in [4.69, 9.17) is 0 Å². The second-order valence-electron chi connectivity index (χ2n) is 5.11. The summed E-state index contributed by atoms with van der Waals surface area (Å²) in [6, 6.07) is 8.07. The molecule has 0 saturated heterocycles.